The molecule has 0 spiro atoms. The summed E-state index contributed by atoms with van der Waals surface area (Å²) < 4.78 is 34.2. The maximum atomic E-state index is 13.3. The van der Waals surface area contributed by atoms with Gasteiger partial charge in [0.25, 0.3) is 0 Å². The Bertz CT molecular complexity index is 1700. The minimum Gasteiger partial charge on any atom is -0.394 e. The molecule has 0 aromatic rings. The maximum absolute atomic E-state index is 13.3. The zero-order chi connectivity index (χ0) is 66.1. The highest BCUT2D eigenvalue weighted by Crippen LogP contribution is 2.33. The van der Waals surface area contributed by atoms with Crippen LogP contribution < -0.4 is 5.32 Å². The van der Waals surface area contributed by atoms with Crippen LogP contribution in [0.3, 0.4) is 0 Å². The lowest BCUT2D eigenvalue weighted by atomic mass is 9.96. The number of nitrogens with one attached hydrogen (secondary N) is 1. The molecule has 17 atom stereocenters. The number of hydrogen-bond acceptors (Lipinski definition) is 18. The van der Waals surface area contributed by atoms with Crippen molar-refractivity contribution in [2.24, 2.45) is 0 Å². The van der Waals surface area contributed by atoms with Crippen LogP contribution in [0.2, 0.25) is 0 Å². The predicted molar refractivity (Wildman–Crippen MR) is 356 cm³/mol. The van der Waals surface area contributed by atoms with E-state index in [1.807, 2.05) is 0 Å². The van der Waals surface area contributed by atoms with E-state index in [-0.39, 0.29) is 18.9 Å². The van der Waals surface area contributed by atoms with Gasteiger partial charge >= 0.3 is 0 Å². The number of aliphatic hydroxyl groups is 11. The Morgan fingerprint density at radius 1 is 0.385 bits per heavy atom. The molecule has 3 aliphatic rings. The monoisotopic (exact) mass is 1300 g/mol. The van der Waals surface area contributed by atoms with Gasteiger partial charge in [0.15, 0.2) is 18.9 Å². The molecule has 19 nitrogen and oxygen atoms in total. The lowest BCUT2D eigenvalue weighted by molar-refractivity contribution is -0.379. The van der Waals surface area contributed by atoms with Gasteiger partial charge in [0.1, 0.15) is 73.2 Å². The Labute approximate surface area is 550 Å². The molecule has 0 aromatic heterocycles. The molecule has 91 heavy (non-hydrogen) atoms. The number of amides is 1. The molecule has 3 rings (SSSR count). The molecule has 17 unspecified atom stereocenters. The standard InChI is InChI=1S/C72H137NO18/c1-3-5-7-9-10-11-12-13-14-15-16-17-18-19-20-21-22-23-24-25-26-27-28-29-30-31-32-33-34-35-36-37-38-39-40-41-42-43-44-46-48-50-60(78)73-55(56(77)49-47-45-8-6-4-2)54-86-70-66(84)63(81)68(58(52-75)88-70)91-72-67(85)64(82)69(59(53-76)89-72)90-71-65(83)62(80)61(79)57(51-74)87-71/h15-16,55-59,61-72,74-77,79-85H,3-14,17-54H2,1-2H3,(H,73,78)/b16-15-. The molecular weight excluding hydrogens is 1170 g/mol. The molecule has 1 amide bonds. The number of carbonyl (C=O) groups excluding carboxylic acids is 1. The van der Waals surface area contributed by atoms with Crippen molar-refractivity contribution >= 4 is 5.91 Å². The summed E-state index contributed by atoms with van der Waals surface area (Å²) in [7, 11) is 0. The highest BCUT2D eigenvalue weighted by molar-refractivity contribution is 5.76. The van der Waals surface area contributed by atoms with Gasteiger partial charge in [-0.25, -0.2) is 0 Å². The average Bonchev–Trinajstić information content (AvgIpc) is 0.864. The first kappa shape index (κ1) is 83.8. The molecular formula is C72H137NO18. The van der Waals surface area contributed by atoms with Crippen LogP contribution in [0.15, 0.2) is 12.2 Å². The smallest absolute Gasteiger partial charge is 0.220 e. The number of rotatable bonds is 59. The van der Waals surface area contributed by atoms with Crippen molar-refractivity contribution < 1.29 is 89.4 Å². The largest absolute Gasteiger partial charge is 0.394 e. The molecule has 0 aromatic carbocycles. The highest BCUT2D eigenvalue weighted by atomic mass is 16.8. The summed E-state index contributed by atoms with van der Waals surface area (Å²) in [6.45, 7) is 1.71. The number of hydrogen-bond donors (Lipinski definition) is 12. The molecule has 12 N–H and O–H groups in total. The van der Waals surface area contributed by atoms with Gasteiger partial charge in [0, 0.05) is 6.42 Å². The minimum atomic E-state index is -1.97. The van der Waals surface area contributed by atoms with Gasteiger partial charge in [-0.1, -0.05) is 276 Å². The Hall–Kier alpha value is -1.47. The summed E-state index contributed by atoms with van der Waals surface area (Å²) in [6, 6.07) is -0.879. The average molecular weight is 1300 g/mol. The Morgan fingerprint density at radius 3 is 1.07 bits per heavy atom. The lowest BCUT2D eigenvalue weighted by Gasteiger charge is -2.48. The van der Waals surface area contributed by atoms with Crippen molar-refractivity contribution in [2.75, 3.05) is 26.4 Å². The van der Waals surface area contributed by atoms with Crippen molar-refractivity contribution in [2.45, 2.75) is 413 Å². The summed E-state index contributed by atoms with van der Waals surface area (Å²) in [5.41, 5.74) is 0. The molecule has 3 saturated heterocycles. The Balaban J connectivity index is 1.18. The molecule has 0 aliphatic carbocycles. The van der Waals surface area contributed by atoms with E-state index in [9.17, 15) is 61.0 Å². The third-order valence-corrected chi connectivity index (χ3v) is 19.1. The van der Waals surface area contributed by atoms with Gasteiger partial charge in [-0.3, -0.25) is 4.79 Å². The van der Waals surface area contributed by atoms with E-state index in [0.717, 1.165) is 51.4 Å². The van der Waals surface area contributed by atoms with Gasteiger partial charge in [0.05, 0.1) is 38.6 Å². The summed E-state index contributed by atoms with van der Waals surface area (Å²) in [5, 5.41) is 120. The van der Waals surface area contributed by atoms with Crippen LogP contribution >= 0.6 is 0 Å². The topological polar surface area (TPSA) is 307 Å². The lowest BCUT2D eigenvalue weighted by Crippen LogP contribution is -2.66. The molecule has 3 fully saturated rings. The number of carbonyl (C=O) groups is 1. The van der Waals surface area contributed by atoms with E-state index >= 15 is 0 Å². The van der Waals surface area contributed by atoms with E-state index in [4.69, 9.17) is 28.4 Å². The van der Waals surface area contributed by atoms with Crippen LogP contribution in [0.25, 0.3) is 0 Å². The maximum Gasteiger partial charge on any atom is 0.220 e. The van der Waals surface area contributed by atoms with Crippen molar-refractivity contribution in [3.05, 3.63) is 12.2 Å². The quantitative estimate of drug-likeness (QED) is 0.0199. The van der Waals surface area contributed by atoms with Crippen molar-refractivity contribution in [1.82, 2.24) is 5.32 Å². The van der Waals surface area contributed by atoms with Crippen molar-refractivity contribution in [3.63, 3.8) is 0 Å². The minimum absolute atomic E-state index is 0.244. The highest BCUT2D eigenvalue weighted by Gasteiger charge is 2.53. The molecule has 0 bridgehead atoms. The zero-order valence-electron chi connectivity index (χ0n) is 57.1. The number of unbranched alkanes of at least 4 members (excludes halogenated alkanes) is 41. The second-order valence-corrected chi connectivity index (χ2v) is 27.1. The fourth-order valence-corrected chi connectivity index (χ4v) is 13.0. The number of aliphatic hydroxyl groups excluding tert-OH is 11. The van der Waals surface area contributed by atoms with Crippen LogP contribution in [0, 0.1) is 0 Å². The second-order valence-electron chi connectivity index (χ2n) is 27.1. The normalized spacial score (nSPS) is 27.9. The van der Waals surface area contributed by atoms with Crippen LogP contribution in [0.1, 0.15) is 309 Å². The summed E-state index contributed by atoms with van der Waals surface area (Å²) in [5.74, 6) is -0.244. The van der Waals surface area contributed by atoms with Gasteiger partial charge in [-0.2, -0.15) is 0 Å². The summed E-state index contributed by atoms with van der Waals surface area (Å²) in [4.78, 5) is 13.3. The van der Waals surface area contributed by atoms with Gasteiger partial charge < -0.3 is 89.9 Å². The van der Waals surface area contributed by atoms with Crippen molar-refractivity contribution in [1.29, 1.82) is 0 Å². The Morgan fingerprint density at radius 2 is 0.692 bits per heavy atom. The molecule has 0 radical (unpaired) electrons. The predicted octanol–water partition coefficient (Wildman–Crippen LogP) is 10.8. The first-order valence-electron chi connectivity index (χ1n) is 37.4. The molecule has 538 valence electrons. The van der Waals surface area contributed by atoms with E-state index in [1.165, 1.54) is 225 Å². The molecule has 19 heteroatoms. The van der Waals surface area contributed by atoms with Crippen LogP contribution in [0.5, 0.6) is 0 Å². The Kier molecular flexibility index (Phi) is 50.2. The van der Waals surface area contributed by atoms with Crippen LogP contribution in [-0.4, -0.2) is 193 Å². The third-order valence-electron chi connectivity index (χ3n) is 19.1. The number of ether oxygens (including phenoxy) is 6. The van der Waals surface area contributed by atoms with Gasteiger partial charge in [0.2, 0.25) is 5.91 Å². The third kappa shape index (κ3) is 36.1. The van der Waals surface area contributed by atoms with E-state index in [0.29, 0.717) is 12.8 Å². The summed E-state index contributed by atoms with van der Waals surface area (Å²) in [6.07, 6.45) is 35.9. The van der Waals surface area contributed by atoms with Gasteiger partial charge in [-0.15, -0.1) is 0 Å². The van der Waals surface area contributed by atoms with Crippen LogP contribution in [0.4, 0.5) is 0 Å². The number of allylic oxidation sites excluding steroid dienone is 2. The second kappa shape index (κ2) is 54.5. The SMILES string of the molecule is CCCCCCCCCC/C=C\CCCCCCCCCCCCCCCCCCCCCCCCCCCCCCCC(=O)NC(COC1OC(CO)C(OC2OC(CO)C(OC3OC(CO)C(O)C(O)C3O)C(O)C2O)C(O)C1O)C(O)CCCCCCC. The molecule has 3 aliphatic heterocycles. The van der Waals surface area contributed by atoms with E-state index in [1.54, 1.807) is 0 Å². The molecule has 0 saturated carbocycles. The fourth-order valence-electron chi connectivity index (χ4n) is 13.0. The zero-order valence-corrected chi connectivity index (χ0v) is 57.1. The van der Waals surface area contributed by atoms with Gasteiger partial charge in [-0.05, 0) is 38.5 Å². The fraction of sp³-hybridized carbons (Fsp3) is 0.958. The van der Waals surface area contributed by atoms with Crippen molar-refractivity contribution in [3.8, 4) is 0 Å². The van der Waals surface area contributed by atoms with E-state index in [2.05, 4.69) is 31.3 Å². The molecule has 3 heterocycles. The first-order valence-corrected chi connectivity index (χ1v) is 37.4. The first-order chi connectivity index (χ1) is 44.3. The summed E-state index contributed by atoms with van der Waals surface area (Å²) >= 11 is 0. The van der Waals surface area contributed by atoms with Crippen LogP contribution in [-0.2, 0) is 33.2 Å². The van der Waals surface area contributed by atoms with E-state index < -0.39 is 124 Å².